The van der Waals surface area contributed by atoms with Crippen molar-refractivity contribution in [3.05, 3.63) is 29.3 Å². The van der Waals surface area contributed by atoms with E-state index in [0.717, 1.165) is 16.0 Å². The molecule has 0 saturated carbocycles. The summed E-state index contributed by atoms with van der Waals surface area (Å²) in [5.74, 6) is 0. The van der Waals surface area contributed by atoms with Crippen LogP contribution in [0.15, 0.2) is 23.1 Å². The summed E-state index contributed by atoms with van der Waals surface area (Å²) < 4.78 is 39.0. The van der Waals surface area contributed by atoms with Gasteiger partial charge in [0.15, 0.2) is 0 Å². The maximum atomic E-state index is 13.0. The number of benzene rings is 1. The van der Waals surface area contributed by atoms with Gasteiger partial charge in [0.05, 0.1) is 5.41 Å². The van der Waals surface area contributed by atoms with Gasteiger partial charge in [-0.1, -0.05) is 19.9 Å². The molecule has 0 spiro atoms. The Morgan fingerprint density at radius 3 is 2.00 bits per heavy atom. The molecule has 19 heavy (non-hydrogen) atoms. The summed E-state index contributed by atoms with van der Waals surface area (Å²) >= 11 is 0. The van der Waals surface area contributed by atoms with Crippen molar-refractivity contribution in [3.63, 3.8) is 0 Å². The zero-order valence-electron chi connectivity index (χ0n) is 12.5. The minimum Gasteiger partial charge on any atom is -0.223 e. The van der Waals surface area contributed by atoms with Crippen LogP contribution in [-0.4, -0.2) is 24.9 Å². The molecule has 0 fully saturated rings. The lowest BCUT2D eigenvalue weighted by molar-refractivity contribution is -0.211. The molecule has 0 saturated heterocycles. The van der Waals surface area contributed by atoms with Crippen LogP contribution >= 0.6 is 10.0 Å². The molecule has 0 aliphatic carbocycles. The Bertz CT molecular complexity index is 453. The van der Waals surface area contributed by atoms with Gasteiger partial charge < -0.3 is 0 Å². The van der Waals surface area contributed by atoms with E-state index in [-0.39, 0.29) is 6.42 Å². The summed E-state index contributed by atoms with van der Waals surface area (Å²) in [5, 5.41) is 0. The smallest absolute Gasteiger partial charge is 0.223 e. The molecule has 0 aromatic heterocycles. The first-order chi connectivity index (χ1) is 8.34. The molecule has 0 bridgehead atoms. The summed E-state index contributed by atoms with van der Waals surface area (Å²) in [6, 6.07) is 5.93. The summed E-state index contributed by atoms with van der Waals surface area (Å²) in [7, 11) is -0.914. The highest BCUT2D eigenvalue weighted by molar-refractivity contribution is 8.32. The normalized spacial score (nSPS) is 14.6. The van der Waals surface area contributed by atoms with E-state index in [1.807, 2.05) is 25.1 Å². The van der Waals surface area contributed by atoms with Crippen LogP contribution in [0, 0.1) is 12.3 Å². The van der Waals surface area contributed by atoms with Crippen LogP contribution in [0.25, 0.3) is 0 Å². The maximum absolute atomic E-state index is 13.0. The van der Waals surface area contributed by atoms with Crippen LogP contribution in [0.2, 0.25) is 0 Å². The van der Waals surface area contributed by atoms with Gasteiger partial charge in [-0.2, -0.15) is 13.2 Å². The zero-order chi connectivity index (χ0) is 15.1. The fourth-order valence-electron chi connectivity index (χ4n) is 1.80. The molecule has 0 amide bonds. The molecule has 1 rings (SSSR count). The molecule has 1 aromatic rings. The fraction of sp³-hybridized carbons (Fsp3) is 0.600. The van der Waals surface area contributed by atoms with E-state index >= 15 is 0 Å². The van der Waals surface area contributed by atoms with Gasteiger partial charge >= 0.3 is 6.18 Å². The van der Waals surface area contributed by atoms with E-state index in [4.69, 9.17) is 0 Å². The van der Waals surface area contributed by atoms with Gasteiger partial charge in [0.25, 0.3) is 0 Å². The largest absolute Gasteiger partial charge is 0.394 e. The van der Waals surface area contributed by atoms with Gasteiger partial charge in [-0.15, -0.1) is 0 Å². The van der Waals surface area contributed by atoms with Crippen molar-refractivity contribution < 1.29 is 13.2 Å². The molecular formula is C15H23F3S. The van der Waals surface area contributed by atoms with Crippen molar-refractivity contribution in [3.8, 4) is 0 Å². The Kier molecular flexibility index (Phi) is 4.35. The van der Waals surface area contributed by atoms with Gasteiger partial charge in [0.1, 0.15) is 0 Å². The quantitative estimate of drug-likeness (QED) is 0.720. The number of alkyl halides is 3. The number of hydrogen-bond donors (Lipinski definition) is 0. The summed E-state index contributed by atoms with van der Waals surface area (Å²) in [6.07, 6.45) is 2.30. The van der Waals surface area contributed by atoms with E-state index in [1.54, 1.807) is 0 Å². The average molecular weight is 292 g/mol. The lowest BCUT2D eigenvalue weighted by Crippen LogP contribution is -2.34. The highest BCUT2D eigenvalue weighted by Gasteiger charge is 2.47. The second-order valence-electron chi connectivity index (χ2n) is 6.48. The Morgan fingerprint density at radius 1 is 1.05 bits per heavy atom. The Balaban J connectivity index is 3.15. The first-order valence-corrected chi connectivity index (χ1v) is 9.05. The minimum absolute atomic E-state index is 0.0334. The van der Waals surface area contributed by atoms with E-state index in [2.05, 4.69) is 18.8 Å². The molecule has 0 N–H and O–H groups in total. The standard InChI is InChI=1S/C15H23F3S/c1-11-7-8-13(19(4,5)6)9-12(11)10-14(2,3)15(16,17)18/h7-9H,10H2,1-6H3. The first kappa shape index (κ1) is 16.4. The molecule has 0 nitrogen and oxygen atoms in total. The third kappa shape index (κ3) is 3.91. The Labute approximate surface area is 115 Å². The molecule has 0 atom stereocenters. The van der Waals surface area contributed by atoms with Crippen LogP contribution in [0.3, 0.4) is 0 Å². The monoisotopic (exact) mass is 292 g/mol. The van der Waals surface area contributed by atoms with Crippen LogP contribution < -0.4 is 0 Å². The first-order valence-electron chi connectivity index (χ1n) is 6.19. The van der Waals surface area contributed by atoms with Crippen molar-refractivity contribution in [2.24, 2.45) is 5.41 Å². The Hall–Kier alpha value is -0.640. The average Bonchev–Trinajstić information content (AvgIpc) is 2.17. The second kappa shape index (κ2) is 5.04. The fourth-order valence-corrected chi connectivity index (χ4v) is 2.77. The minimum atomic E-state index is -4.18. The third-order valence-corrected chi connectivity index (χ3v) is 5.10. The number of rotatable bonds is 3. The maximum Gasteiger partial charge on any atom is 0.394 e. The molecule has 0 unspecified atom stereocenters. The summed E-state index contributed by atoms with van der Waals surface area (Å²) in [5.41, 5.74) is 0.0517. The van der Waals surface area contributed by atoms with Crippen LogP contribution in [-0.2, 0) is 6.42 Å². The summed E-state index contributed by atoms with van der Waals surface area (Å²) in [4.78, 5) is 1.16. The molecule has 0 aliphatic heterocycles. The van der Waals surface area contributed by atoms with E-state index < -0.39 is 21.6 Å². The molecule has 110 valence electrons. The van der Waals surface area contributed by atoms with E-state index in [0.29, 0.717) is 0 Å². The number of halogens is 3. The predicted molar refractivity (Wildman–Crippen MR) is 78.3 cm³/mol. The van der Waals surface area contributed by atoms with Crippen LogP contribution in [0.4, 0.5) is 13.2 Å². The van der Waals surface area contributed by atoms with Crippen LogP contribution in [0.1, 0.15) is 25.0 Å². The van der Waals surface area contributed by atoms with Crippen molar-refractivity contribution in [2.45, 2.75) is 38.3 Å². The lowest BCUT2D eigenvalue weighted by atomic mass is 9.84. The van der Waals surface area contributed by atoms with Crippen molar-refractivity contribution in [2.75, 3.05) is 18.8 Å². The predicted octanol–water partition coefficient (Wildman–Crippen LogP) is 5.18. The summed E-state index contributed by atoms with van der Waals surface area (Å²) in [6.45, 7) is 4.41. The molecule has 0 heterocycles. The lowest BCUT2D eigenvalue weighted by Gasteiger charge is -2.30. The van der Waals surface area contributed by atoms with Gasteiger partial charge in [0.2, 0.25) is 0 Å². The van der Waals surface area contributed by atoms with Crippen molar-refractivity contribution in [1.29, 1.82) is 0 Å². The molecule has 4 heteroatoms. The van der Waals surface area contributed by atoms with Crippen molar-refractivity contribution >= 4 is 10.0 Å². The molecule has 1 aromatic carbocycles. The van der Waals surface area contributed by atoms with E-state index in [9.17, 15) is 13.2 Å². The van der Waals surface area contributed by atoms with Gasteiger partial charge in [-0.3, -0.25) is 0 Å². The highest BCUT2D eigenvalue weighted by atomic mass is 32.3. The zero-order valence-corrected chi connectivity index (χ0v) is 13.3. The SMILES string of the molecule is Cc1ccc(S(C)(C)C)cc1CC(C)(C)C(F)(F)F. The highest BCUT2D eigenvalue weighted by Crippen LogP contribution is 2.47. The van der Waals surface area contributed by atoms with Crippen LogP contribution in [0.5, 0.6) is 0 Å². The Morgan fingerprint density at radius 2 is 1.58 bits per heavy atom. The molecule has 0 radical (unpaired) electrons. The molecular weight excluding hydrogens is 269 g/mol. The third-order valence-electron chi connectivity index (χ3n) is 3.43. The van der Waals surface area contributed by atoms with E-state index in [1.165, 1.54) is 13.8 Å². The van der Waals surface area contributed by atoms with Gasteiger partial charge in [-0.25, -0.2) is 10.0 Å². The number of aryl methyl sites for hydroxylation is 1. The van der Waals surface area contributed by atoms with Gasteiger partial charge in [-0.05, 0) is 60.3 Å². The molecule has 0 aliphatic rings. The van der Waals surface area contributed by atoms with Crippen molar-refractivity contribution in [1.82, 2.24) is 0 Å². The topological polar surface area (TPSA) is 0 Å². The van der Waals surface area contributed by atoms with Gasteiger partial charge in [0, 0.05) is 0 Å². The number of hydrogen-bond acceptors (Lipinski definition) is 0. The second-order valence-corrected chi connectivity index (χ2v) is 10.6.